The summed E-state index contributed by atoms with van der Waals surface area (Å²) in [5.74, 6) is 0.521. The van der Waals surface area contributed by atoms with Crippen LogP contribution in [0.4, 0.5) is 5.00 Å². The lowest BCUT2D eigenvalue weighted by molar-refractivity contribution is 0.417. The van der Waals surface area contributed by atoms with Gasteiger partial charge in [0, 0.05) is 11.5 Å². The lowest BCUT2D eigenvalue weighted by Crippen LogP contribution is -2.17. The van der Waals surface area contributed by atoms with E-state index in [1.165, 1.54) is 24.6 Å². The molecule has 9 heteroatoms. The van der Waals surface area contributed by atoms with Gasteiger partial charge in [0.05, 0.1) is 12.7 Å². The molecule has 0 bridgehead atoms. The van der Waals surface area contributed by atoms with Crippen LogP contribution in [0.1, 0.15) is 5.76 Å². The van der Waals surface area contributed by atoms with Gasteiger partial charge >= 0.3 is 0 Å². The highest BCUT2D eigenvalue weighted by Crippen LogP contribution is 2.16. The molecule has 2 aromatic rings. The number of aromatic nitrogens is 2. The monoisotopic (exact) mass is 274 g/mol. The van der Waals surface area contributed by atoms with Gasteiger partial charge in [0.25, 0.3) is 10.0 Å². The van der Waals surface area contributed by atoms with Crippen molar-refractivity contribution in [2.45, 2.75) is 11.6 Å². The lowest BCUT2D eigenvalue weighted by atomic mass is 10.4. The van der Waals surface area contributed by atoms with Gasteiger partial charge in [0.15, 0.2) is 0 Å². The van der Waals surface area contributed by atoms with Gasteiger partial charge in [-0.25, -0.2) is 13.1 Å². The van der Waals surface area contributed by atoms with Crippen molar-refractivity contribution in [3.63, 3.8) is 0 Å². The largest absolute Gasteiger partial charge is 0.446 e. The molecule has 0 atom stereocenters. The van der Waals surface area contributed by atoms with Crippen LogP contribution in [0.25, 0.3) is 0 Å². The molecule has 0 saturated heterocycles. The minimum atomic E-state index is -3.52. The van der Waals surface area contributed by atoms with E-state index < -0.39 is 10.0 Å². The molecule has 0 saturated carbocycles. The van der Waals surface area contributed by atoms with Gasteiger partial charge in [-0.2, -0.15) is 0 Å². The molecular weight excluding hydrogens is 264 g/mol. The van der Waals surface area contributed by atoms with E-state index >= 15 is 0 Å². The molecular formula is C8H10N4O3S2. The fourth-order valence-electron chi connectivity index (χ4n) is 1.12. The summed E-state index contributed by atoms with van der Waals surface area (Å²) >= 11 is 1.21. The highest BCUT2D eigenvalue weighted by Gasteiger charge is 2.16. The summed E-state index contributed by atoms with van der Waals surface area (Å²) in [6.45, 7) is 0.378. The van der Waals surface area contributed by atoms with Crippen LogP contribution in [0.3, 0.4) is 0 Å². The third kappa shape index (κ3) is 2.81. The third-order valence-electron chi connectivity index (χ3n) is 1.97. The quantitative estimate of drug-likeness (QED) is 0.831. The van der Waals surface area contributed by atoms with Gasteiger partial charge in [-0.1, -0.05) is 4.49 Å². The first-order chi connectivity index (χ1) is 8.12. The van der Waals surface area contributed by atoms with Crippen molar-refractivity contribution < 1.29 is 12.8 Å². The van der Waals surface area contributed by atoms with Gasteiger partial charge in [0.2, 0.25) is 5.09 Å². The number of hydrogen-bond acceptors (Lipinski definition) is 7. The zero-order valence-corrected chi connectivity index (χ0v) is 10.5. The number of nitrogens with one attached hydrogen (secondary N) is 2. The second kappa shape index (κ2) is 4.82. The smallest absolute Gasteiger partial charge is 0.273 e. The van der Waals surface area contributed by atoms with E-state index in [2.05, 4.69) is 19.6 Å². The van der Waals surface area contributed by atoms with Crippen molar-refractivity contribution in [3.8, 4) is 0 Å². The molecule has 7 nitrogen and oxygen atoms in total. The highest BCUT2D eigenvalue weighted by molar-refractivity contribution is 7.89. The zero-order chi connectivity index (χ0) is 12.3. The summed E-state index contributed by atoms with van der Waals surface area (Å²) in [6.07, 6.45) is 1.58. The molecule has 0 unspecified atom stereocenters. The summed E-state index contributed by atoms with van der Waals surface area (Å²) in [7, 11) is -2.18. The fourth-order valence-corrected chi connectivity index (χ4v) is 2.20. The summed E-state index contributed by atoms with van der Waals surface area (Å²) in [5, 5.41) is 7.36. The first kappa shape index (κ1) is 12.0. The maximum Gasteiger partial charge on any atom is 0.273 e. The summed E-state index contributed by atoms with van der Waals surface area (Å²) < 4.78 is 33.9. The maximum absolute atomic E-state index is 11.4. The van der Waals surface area contributed by atoms with E-state index in [4.69, 9.17) is 4.42 Å². The second-order valence-electron chi connectivity index (χ2n) is 3.06. The SMILES string of the molecule is CNS(=O)(=O)c1ccc(CNc2cnns2)o1. The van der Waals surface area contributed by atoms with E-state index in [0.29, 0.717) is 12.3 Å². The van der Waals surface area contributed by atoms with Gasteiger partial charge in [-0.05, 0) is 19.2 Å². The van der Waals surface area contributed by atoms with Crippen molar-refractivity contribution in [3.05, 3.63) is 24.1 Å². The molecule has 2 heterocycles. The third-order valence-corrected chi connectivity index (χ3v) is 3.88. The first-order valence-corrected chi connectivity index (χ1v) is 6.91. The average molecular weight is 274 g/mol. The number of anilines is 1. The summed E-state index contributed by atoms with van der Waals surface area (Å²) in [6, 6.07) is 3.01. The Morgan fingerprint density at radius 3 is 2.94 bits per heavy atom. The first-order valence-electron chi connectivity index (χ1n) is 4.65. The summed E-state index contributed by atoms with van der Waals surface area (Å²) in [5.41, 5.74) is 0. The lowest BCUT2D eigenvalue weighted by Gasteiger charge is -1.99. The van der Waals surface area contributed by atoms with Gasteiger partial charge in [-0.3, -0.25) is 0 Å². The van der Waals surface area contributed by atoms with Gasteiger partial charge in [-0.15, -0.1) is 5.10 Å². The van der Waals surface area contributed by atoms with Crippen LogP contribution >= 0.6 is 11.5 Å². The van der Waals surface area contributed by atoms with E-state index in [1.807, 2.05) is 0 Å². The van der Waals surface area contributed by atoms with E-state index in [-0.39, 0.29) is 5.09 Å². The molecule has 0 spiro atoms. The molecule has 0 aliphatic carbocycles. The molecule has 17 heavy (non-hydrogen) atoms. The minimum Gasteiger partial charge on any atom is -0.446 e. The number of nitrogens with zero attached hydrogens (tertiary/aromatic N) is 2. The number of sulfonamides is 1. The number of hydrogen-bond donors (Lipinski definition) is 2. The highest BCUT2D eigenvalue weighted by atomic mass is 32.2. The Morgan fingerprint density at radius 2 is 2.29 bits per heavy atom. The molecule has 2 aromatic heterocycles. The zero-order valence-electron chi connectivity index (χ0n) is 8.87. The van der Waals surface area contributed by atoms with Gasteiger partial charge < -0.3 is 9.73 Å². The van der Waals surface area contributed by atoms with Crippen LogP contribution < -0.4 is 10.0 Å². The molecule has 0 amide bonds. The molecule has 0 fully saturated rings. The van der Waals surface area contributed by atoms with Crippen LogP contribution in [-0.2, 0) is 16.6 Å². The number of rotatable bonds is 5. The van der Waals surface area contributed by atoms with Crippen molar-refractivity contribution in [1.29, 1.82) is 0 Å². The van der Waals surface area contributed by atoms with E-state index in [0.717, 1.165) is 5.00 Å². The summed E-state index contributed by atoms with van der Waals surface area (Å²) in [4.78, 5) is 0. The Kier molecular flexibility index (Phi) is 3.41. The number of furan rings is 1. The Bertz CT molecular complexity index is 576. The van der Waals surface area contributed by atoms with Crippen LogP contribution in [0.2, 0.25) is 0 Å². The van der Waals surface area contributed by atoms with Crippen LogP contribution in [0.15, 0.2) is 27.8 Å². The van der Waals surface area contributed by atoms with E-state index in [9.17, 15) is 8.42 Å². The van der Waals surface area contributed by atoms with Crippen molar-refractivity contribution in [1.82, 2.24) is 14.3 Å². The molecule has 0 aromatic carbocycles. The van der Waals surface area contributed by atoms with Crippen molar-refractivity contribution >= 4 is 26.6 Å². The normalized spacial score (nSPS) is 11.6. The van der Waals surface area contributed by atoms with Gasteiger partial charge in [0.1, 0.15) is 10.8 Å². The molecule has 0 radical (unpaired) electrons. The Hall–Kier alpha value is -1.45. The predicted molar refractivity (Wildman–Crippen MR) is 62.2 cm³/mol. The Labute approximate surface area is 102 Å². The van der Waals surface area contributed by atoms with E-state index in [1.54, 1.807) is 12.3 Å². The Morgan fingerprint density at radius 1 is 1.47 bits per heavy atom. The average Bonchev–Trinajstić information content (AvgIpc) is 2.97. The predicted octanol–water partition coefficient (Wildman–Crippen LogP) is 0.651. The molecule has 0 aliphatic heterocycles. The Balaban J connectivity index is 2.04. The second-order valence-corrected chi connectivity index (χ2v) is 5.67. The molecule has 2 rings (SSSR count). The van der Waals surface area contributed by atoms with Crippen LogP contribution in [0, 0.1) is 0 Å². The standard InChI is InChI=1S/C8H10N4O3S2/c1-9-17(13,14)8-3-2-6(15-8)4-10-7-5-11-12-16-7/h2-3,5,9-10H,4H2,1H3. The maximum atomic E-state index is 11.4. The van der Waals surface area contributed by atoms with Crippen molar-refractivity contribution in [2.24, 2.45) is 0 Å². The van der Waals surface area contributed by atoms with Crippen molar-refractivity contribution in [2.75, 3.05) is 12.4 Å². The minimum absolute atomic E-state index is 0.0979. The van der Waals surface area contributed by atoms with Crippen LogP contribution in [0.5, 0.6) is 0 Å². The fraction of sp³-hybridized carbons (Fsp3) is 0.250. The topological polar surface area (TPSA) is 97.1 Å². The van der Waals surface area contributed by atoms with Crippen LogP contribution in [-0.4, -0.2) is 25.1 Å². The molecule has 0 aliphatic rings. The molecule has 2 N–H and O–H groups in total. The molecule has 92 valence electrons.